The van der Waals surface area contributed by atoms with Crippen molar-refractivity contribution >= 4 is 11.3 Å². The molecule has 0 spiro atoms. The predicted octanol–water partition coefficient (Wildman–Crippen LogP) is 3.09. The van der Waals surface area contributed by atoms with Crippen LogP contribution in [0.5, 0.6) is 0 Å². The monoisotopic (exact) mass is 347 g/mol. The molecule has 1 fully saturated rings. The van der Waals surface area contributed by atoms with E-state index >= 15 is 0 Å². The van der Waals surface area contributed by atoms with E-state index in [0.29, 0.717) is 12.0 Å². The van der Waals surface area contributed by atoms with E-state index in [4.69, 9.17) is 0 Å². The summed E-state index contributed by atoms with van der Waals surface area (Å²) in [5.74, 6) is 0.655. The largest absolute Gasteiger partial charge is 0.301 e. The topological polar surface area (TPSA) is 37.2 Å². The minimum atomic E-state index is 0.489. The molecule has 1 saturated heterocycles. The van der Waals surface area contributed by atoms with E-state index in [1.54, 1.807) is 0 Å². The summed E-state index contributed by atoms with van der Waals surface area (Å²) in [7, 11) is 4.25. The van der Waals surface area contributed by atoms with Crippen LogP contribution in [0.15, 0.2) is 18.6 Å². The maximum Gasteiger partial charge on any atom is 0.0897 e. The van der Waals surface area contributed by atoms with Gasteiger partial charge in [-0.05, 0) is 45.8 Å². The third-order valence-electron chi connectivity index (χ3n) is 4.97. The number of likely N-dealkylation sites (tertiary alicyclic amines) is 1. The van der Waals surface area contributed by atoms with Crippen molar-refractivity contribution < 1.29 is 0 Å². The van der Waals surface area contributed by atoms with E-state index in [0.717, 1.165) is 24.6 Å². The number of thiazole rings is 1. The van der Waals surface area contributed by atoms with Crippen molar-refractivity contribution in [2.45, 2.75) is 39.3 Å². The van der Waals surface area contributed by atoms with Gasteiger partial charge in [0.15, 0.2) is 0 Å². The van der Waals surface area contributed by atoms with E-state index in [-0.39, 0.29) is 0 Å². The van der Waals surface area contributed by atoms with Crippen molar-refractivity contribution in [1.29, 1.82) is 0 Å². The standard InChI is InChI=1S/C18H29N5S/c1-5-23-8-6-7-15(18(23)16-9-20-22(4)12-16)11-21(3)13-17-10-19-14(2)24-17/h9-10,12,15,18H,5-8,11,13H2,1-4H3/t15-,18+/m0/s1. The molecule has 2 aromatic rings. The van der Waals surface area contributed by atoms with Crippen LogP contribution in [-0.4, -0.2) is 51.2 Å². The number of hydrogen-bond donors (Lipinski definition) is 0. The normalized spacial score (nSPS) is 22.4. The Morgan fingerprint density at radius 3 is 2.83 bits per heavy atom. The van der Waals surface area contributed by atoms with Crippen LogP contribution in [0, 0.1) is 12.8 Å². The Morgan fingerprint density at radius 1 is 1.38 bits per heavy atom. The Morgan fingerprint density at radius 2 is 2.21 bits per heavy atom. The first kappa shape index (κ1) is 17.6. The second-order valence-corrected chi connectivity index (χ2v) is 8.28. The van der Waals surface area contributed by atoms with Crippen LogP contribution in [-0.2, 0) is 13.6 Å². The van der Waals surface area contributed by atoms with Gasteiger partial charge in [0.2, 0.25) is 0 Å². The van der Waals surface area contributed by atoms with E-state index < -0.39 is 0 Å². The fourth-order valence-corrected chi connectivity index (χ4v) is 4.86. The number of aromatic nitrogens is 3. The molecule has 1 aliphatic rings. The molecule has 6 heteroatoms. The van der Waals surface area contributed by atoms with Crippen molar-refractivity contribution in [2.24, 2.45) is 13.0 Å². The number of aryl methyl sites for hydroxylation is 2. The average molecular weight is 348 g/mol. The first-order chi connectivity index (χ1) is 11.6. The van der Waals surface area contributed by atoms with Gasteiger partial charge in [0.1, 0.15) is 0 Å². The van der Waals surface area contributed by atoms with Gasteiger partial charge < -0.3 is 4.90 Å². The number of rotatable bonds is 6. The van der Waals surface area contributed by atoms with Gasteiger partial charge in [0, 0.05) is 49.0 Å². The van der Waals surface area contributed by atoms with Crippen LogP contribution in [0.2, 0.25) is 0 Å². The molecule has 0 saturated carbocycles. The molecule has 0 bridgehead atoms. The van der Waals surface area contributed by atoms with E-state index in [1.807, 2.05) is 29.3 Å². The number of nitrogens with zero attached hydrogens (tertiary/aromatic N) is 5. The van der Waals surface area contributed by atoms with E-state index in [9.17, 15) is 0 Å². The molecular weight excluding hydrogens is 318 g/mol. The van der Waals surface area contributed by atoms with Crippen LogP contribution in [0.3, 0.4) is 0 Å². The number of piperidine rings is 1. The van der Waals surface area contributed by atoms with Gasteiger partial charge in [-0.15, -0.1) is 11.3 Å². The van der Waals surface area contributed by atoms with Gasteiger partial charge in [-0.3, -0.25) is 9.58 Å². The van der Waals surface area contributed by atoms with Crippen LogP contribution in [0.4, 0.5) is 0 Å². The summed E-state index contributed by atoms with van der Waals surface area (Å²) in [5, 5.41) is 5.57. The Labute approximate surface area is 149 Å². The summed E-state index contributed by atoms with van der Waals surface area (Å²) >= 11 is 1.81. The second-order valence-electron chi connectivity index (χ2n) is 6.97. The fourth-order valence-electron chi connectivity index (χ4n) is 3.98. The first-order valence-electron chi connectivity index (χ1n) is 8.89. The lowest BCUT2D eigenvalue weighted by Gasteiger charge is -2.42. The molecule has 0 aromatic carbocycles. The molecule has 3 heterocycles. The summed E-state index contributed by atoms with van der Waals surface area (Å²) in [4.78, 5) is 10.8. The van der Waals surface area contributed by atoms with Crippen LogP contribution in [0.25, 0.3) is 0 Å². The molecule has 2 atom stereocenters. The second kappa shape index (κ2) is 7.76. The molecule has 24 heavy (non-hydrogen) atoms. The van der Waals surface area contributed by atoms with Crippen LogP contribution >= 0.6 is 11.3 Å². The fraction of sp³-hybridized carbons (Fsp3) is 0.667. The summed E-state index contributed by atoms with van der Waals surface area (Å²) in [5.41, 5.74) is 1.37. The predicted molar refractivity (Wildman–Crippen MR) is 99.1 cm³/mol. The highest BCUT2D eigenvalue weighted by molar-refractivity contribution is 7.11. The van der Waals surface area contributed by atoms with Gasteiger partial charge in [-0.1, -0.05) is 6.92 Å². The lowest BCUT2D eigenvalue weighted by molar-refractivity contribution is 0.0751. The Bertz CT molecular complexity index is 649. The highest BCUT2D eigenvalue weighted by atomic mass is 32.1. The van der Waals surface area contributed by atoms with Crippen LogP contribution < -0.4 is 0 Å². The summed E-state index contributed by atoms with van der Waals surface area (Å²) < 4.78 is 1.93. The highest BCUT2D eigenvalue weighted by Crippen LogP contribution is 2.36. The highest BCUT2D eigenvalue weighted by Gasteiger charge is 2.33. The van der Waals surface area contributed by atoms with Gasteiger partial charge in [-0.25, -0.2) is 4.98 Å². The lowest BCUT2D eigenvalue weighted by Crippen LogP contribution is -2.42. The van der Waals surface area contributed by atoms with Gasteiger partial charge in [0.25, 0.3) is 0 Å². The maximum absolute atomic E-state index is 4.41. The Kier molecular flexibility index (Phi) is 5.69. The van der Waals surface area contributed by atoms with Crippen molar-refractivity contribution in [2.75, 3.05) is 26.7 Å². The molecule has 2 aromatic heterocycles. The smallest absolute Gasteiger partial charge is 0.0897 e. The quantitative estimate of drug-likeness (QED) is 0.805. The SMILES string of the molecule is CCN1CCC[C@@H](CN(C)Cc2cnc(C)s2)[C@@H]1c1cnn(C)c1. The van der Waals surface area contributed by atoms with Crippen molar-refractivity contribution in [3.05, 3.63) is 34.0 Å². The molecular formula is C18H29N5S. The zero-order chi connectivity index (χ0) is 17.1. The van der Waals surface area contributed by atoms with Crippen molar-refractivity contribution in [1.82, 2.24) is 24.6 Å². The first-order valence-corrected chi connectivity index (χ1v) is 9.71. The van der Waals surface area contributed by atoms with E-state index in [1.165, 1.54) is 29.8 Å². The molecule has 0 radical (unpaired) electrons. The third kappa shape index (κ3) is 4.05. The minimum absolute atomic E-state index is 0.489. The summed E-state index contributed by atoms with van der Waals surface area (Å²) in [6.07, 6.45) is 8.86. The molecule has 0 amide bonds. The molecule has 5 nitrogen and oxygen atoms in total. The Balaban J connectivity index is 1.71. The lowest BCUT2D eigenvalue weighted by atomic mass is 9.85. The van der Waals surface area contributed by atoms with E-state index in [2.05, 4.69) is 53.2 Å². The molecule has 1 aliphatic heterocycles. The van der Waals surface area contributed by atoms with Crippen molar-refractivity contribution in [3.8, 4) is 0 Å². The molecule has 0 N–H and O–H groups in total. The average Bonchev–Trinajstić information content (AvgIpc) is 3.15. The van der Waals surface area contributed by atoms with Crippen LogP contribution in [0.1, 0.15) is 41.3 Å². The zero-order valence-corrected chi connectivity index (χ0v) is 16.1. The molecule has 3 rings (SSSR count). The van der Waals surface area contributed by atoms with Crippen molar-refractivity contribution in [3.63, 3.8) is 0 Å². The zero-order valence-electron chi connectivity index (χ0n) is 15.3. The maximum atomic E-state index is 4.41. The Hall–Kier alpha value is -1.24. The molecule has 0 aliphatic carbocycles. The number of hydrogen-bond acceptors (Lipinski definition) is 5. The molecule has 0 unspecified atom stereocenters. The summed E-state index contributed by atoms with van der Waals surface area (Å²) in [6.45, 7) is 8.77. The van der Waals surface area contributed by atoms with Gasteiger partial charge in [0.05, 0.1) is 11.2 Å². The third-order valence-corrected chi connectivity index (χ3v) is 5.87. The van der Waals surface area contributed by atoms with Gasteiger partial charge in [-0.2, -0.15) is 5.10 Å². The minimum Gasteiger partial charge on any atom is -0.301 e. The van der Waals surface area contributed by atoms with Gasteiger partial charge >= 0.3 is 0 Å². The molecule has 132 valence electrons. The summed E-state index contributed by atoms with van der Waals surface area (Å²) in [6, 6.07) is 0.489.